The van der Waals surface area contributed by atoms with Gasteiger partial charge in [-0.2, -0.15) is 0 Å². The quantitative estimate of drug-likeness (QED) is 0.837. The minimum Gasteiger partial charge on any atom is -0.508 e. The minimum atomic E-state index is -2.94. The van der Waals surface area contributed by atoms with E-state index in [-0.39, 0.29) is 42.3 Å². The molecule has 1 aliphatic rings. The molecule has 1 fully saturated rings. The molecular weight excluding hydrogens is 268 g/mol. The maximum absolute atomic E-state index is 11.4. The van der Waals surface area contributed by atoms with Crippen molar-refractivity contribution in [3.63, 3.8) is 0 Å². The number of benzene rings is 1. The van der Waals surface area contributed by atoms with Crippen molar-refractivity contribution in [2.24, 2.45) is 11.8 Å². The second-order valence-corrected chi connectivity index (χ2v) is 7.14. The Hall–Kier alpha value is -1.27. The van der Waals surface area contributed by atoms with Crippen LogP contribution in [0.3, 0.4) is 0 Å². The number of sulfone groups is 1. The van der Waals surface area contributed by atoms with Gasteiger partial charge in [0.1, 0.15) is 11.5 Å². The monoisotopic (exact) mass is 286 g/mol. The standard InChI is InChI=1S/C13H18O5S/c14-7-11(10-5-6-19(16,17)9-10)8-18-13-3-1-12(15)2-4-13/h1-4,10-11,14-15H,5-9H2. The average molecular weight is 286 g/mol. The van der Waals surface area contributed by atoms with Crippen molar-refractivity contribution in [3.8, 4) is 11.5 Å². The van der Waals surface area contributed by atoms with Crippen molar-refractivity contribution >= 4 is 9.84 Å². The van der Waals surface area contributed by atoms with E-state index in [0.29, 0.717) is 12.2 Å². The van der Waals surface area contributed by atoms with Gasteiger partial charge in [-0.15, -0.1) is 0 Å². The van der Waals surface area contributed by atoms with Gasteiger partial charge >= 0.3 is 0 Å². The fourth-order valence-corrected chi connectivity index (χ4v) is 4.20. The van der Waals surface area contributed by atoms with Gasteiger partial charge in [0.05, 0.1) is 18.1 Å². The third kappa shape index (κ3) is 3.84. The van der Waals surface area contributed by atoms with E-state index in [1.54, 1.807) is 12.1 Å². The highest BCUT2D eigenvalue weighted by Crippen LogP contribution is 2.27. The third-order valence-electron chi connectivity index (χ3n) is 3.47. The fourth-order valence-electron chi connectivity index (χ4n) is 2.28. The smallest absolute Gasteiger partial charge is 0.150 e. The number of rotatable bonds is 5. The summed E-state index contributed by atoms with van der Waals surface area (Å²) in [5.41, 5.74) is 0. The molecule has 0 aromatic heterocycles. The number of ether oxygens (including phenoxy) is 1. The molecule has 0 aliphatic carbocycles. The van der Waals surface area contributed by atoms with E-state index >= 15 is 0 Å². The second-order valence-electron chi connectivity index (χ2n) is 4.91. The van der Waals surface area contributed by atoms with E-state index in [1.165, 1.54) is 12.1 Å². The maximum atomic E-state index is 11.4. The van der Waals surface area contributed by atoms with Gasteiger partial charge in [0, 0.05) is 12.5 Å². The molecule has 2 unspecified atom stereocenters. The number of phenols is 1. The SMILES string of the molecule is O=S1(=O)CCC(C(CO)COc2ccc(O)cc2)C1. The van der Waals surface area contributed by atoms with Crippen LogP contribution >= 0.6 is 0 Å². The molecule has 106 valence electrons. The van der Waals surface area contributed by atoms with Crippen molar-refractivity contribution in [2.75, 3.05) is 24.7 Å². The van der Waals surface area contributed by atoms with E-state index in [2.05, 4.69) is 0 Å². The van der Waals surface area contributed by atoms with Gasteiger partial charge in [-0.3, -0.25) is 0 Å². The molecule has 2 rings (SSSR count). The molecule has 19 heavy (non-hydrogen) atoms. The minimum absolute atomic E-state index is 0.0351. The number of phenolic OH excluding ortho intramolecular Hbond substituents is 1. The Balaban J connectivity index is 1.91. The number of hydrogen-bond acceptors (Lipinski definition) is 5. The lowest BCUT2D eigenvalue weighted by Gasteiger charge is -2.20. The summed E-state index contributed by atoms with van der Waals surface area (Å²) in [4.78, 5) is 0. The van der Waals surface area contributed by atoms with Crippen LogP contribution in [0.4, 0.5) is 0 Å². The molecule has 2 atom stereocenters. The summed E-state index contributed by atoms with van der Waals surface area (Å²) in [5, 5.41) is 18.5. The topological polar surface area (TPSA) is 83.8 Å². The molecule has 1 heterocycles. The first-order chi connectivity index (χ1) is 9.00. The van der Waals surface area contributed by atoms with E-state index in [1.807, 2.05) is 0 Å². The van der Waals surface area contributed by atoms with Gasteiger partial charge in [0.2, 0.25) is 0 Å². The van der Waals surface area contributed by atoms with Crippen LogP contribution in [-0.4, -0.2) is 43.4 Å². The zero-order valence-corrected chi connectivity index (χ0v) is 11.3. The Kier molecular flexibility index (Phi) is 4.31. The van der Waals surface area contributed by atoms with Crippen molar-refractivity contribution in [2.45, 2.75) is 6.42 Å². The largest absolute Gasteiger partial charge is 0.508 e. The summed E-state index contributed by atoms with van der Waals surface area (Å²) in [6.07, 6.45) is 0.590. The predicted molar refractivity (Wildman–Crippen MR) is 70.9 cm³/mol. The molecule has 1 aliphatic heterocycles. The summed E-state index contributed by atoms with van der Waals surface area (Å²) in [7, 11) is -2.94. The molecule has 1 aromatic carbocycles. The zero-order chi connectivity index (χ0) is 13.9. The van der Waals surface area contributed by atoms with Gasteiger partial charge in [-0.05, 0) is 36.6 Å². The van der Waals surface area contributed by atoms with Gasteiger partial charge in [0.15, 0.2) is 9.84 Å². The maximum Gasteiger partial charge on any atom is 0.150 e. The molecule has 0 saturated carbocycles. The molecular formula is C13H18O5S. The van der Waals surface area contributed by atoms with E-state index in [9.17, 15) is 13.5 Å². The first-order valence-corrected chi connectivity index (χ1v) is 8.05. The fraction of sp³-hybridized carbons (Fsp3) is 0.538. The summed E-state index contributed by atoms with van der Waals surface area (Å²) >= 11 is 0. The van der Waals surface area contributed by atoms with E-state index < -0.39 is 9.84 Å². The van der Waals surface area contributed by atoms with Crippen LogP contribution < -0.4 is 4.74 Å². The molecule has 6 heteroatoms. The van der Waals surface area contributed by atoms with E-state index in [4.69, 9.17) is 9.84 Å². The van der Waals surface area contributed by atoms with Crippen LogP contribution in [0.1, 0.15) is 6.42 Å². The molecule has 5 nitrogen and oxygen atoms in total. The Morgan fingerprint density at radius 1 is 1.32 bits per heavy atom. The second kappa shape index (κ2) is 5.79. The van der Waals surface area contributed by atoms with Crippen molar-refractivity contribution in [1.82, 2.24) is 0 Å². The molecule has 1 aromatic rings. The summed E-state index contributed by atoms with van der Waals surface area (Å²) in [6.45, 7) is 0.194. The number of aliphatic hydroxyl groups is 1. The molecule has 2 N–H and O–H groups in total. The molecule has 1 saturated heterocycles. The highest BCUT2D eigenvalue weighted by atomic mass is 32.2. The summed E-state index contributed by atoms with van der Waals surface area (Å²) in [5.74, 6) is 0.883. The van der Waals surface area contributed by atoms with Gasteiger partial charge in [-0.1, -0.05) is 0 Å². The highest BCUT2D eigenvalue weighted by Gasteiger charge is 2.33. The Bertz CT molecular complexity index is 508. The number of aliphatic hydroxyl groups excluding tert-OH is 1. The Labute approximate surface area is 112 Å². The molecule has 0 bridgehead atoms. The lowest BCUT2D eigenvalue weighted by atomic mass is 9.93. The van der Waals surface area contributed by atoms with Crippen LogP contribution in [0.25, 0.3) is 0 Å². The van der Waals surface area contributed by atoms with E-state index in [0.717, 1.165) is 0 Å². The normalized spacial score (nSPS) is 23.1. The van der Waals surface area contributed by atoms with Gasteiger partial charge in [-0.25, -0.2) is 8.42 Å². The van der Waals surface area contributed by atoms with Crippen LogP contribution in [0, 0.1) is 11.8 Å². The molecule has 0 radical (unpaired) electrons. The predicted octanol–water partition coefficient (Wildman–Crippen LogP) is 0.814. The zero-order valence-electron chi connectivity index (χ0n) is 10.5. The lowest BCUT2D eigenvalue weighted by Crippen LogP contribution is -2.26. The van der Waals surface area contributed by atoms with Crippen LogP contribution in [-0.2, 0) is 9.84 Å². The van der Waals surface area contributed by atoms with Gasteiger partial charge in [0.25, 0.3) is 0 Å². The number of hydrogen-bond donors (Lipinski definition) is 2. The van der Waals surface area contributed by atoms with Crippen LogP contribution in [0.5, 0.6) is 11.5 Å². The van der Waals surface area contributed by atoms with Crippen molar-refractivity contribution in [1.29, 1.82) is 0 Å². The van der Waals surface area contributed by atoms with Gasteiger partial charge < -0.3 is 14.9 Å². The Morgan fingerprint density at radius 2 is 2.00 bits per heavy atom. The van der Waals surface area contributed by atoms with Crippen LogP contribution in [0.15, 0.2) is 24.3 Å². The average Bonchev–Trinajstić information content (AvgIpc) is 2.73. The first-order valence-electron chi connectivity index (χ1n) is 6.23. The first kappa shape index (κ1) is 14.1. The molecule has 0 amide bonds. The number of aromatic hydroxyl groups is 1. The van der Waals surface area contributed by atoms with Crippen molar-refractivity contribution in [3.05, 3.63) is 24.3 Å². The lowest BCUT2D eigenvalue weighted by molar-refractivity contribution is 0.126. The molecule has 0 spiro atoms. The Morgan fingerprint density at radius 3 is 2.53 bits per heavy atom. The third-order valence-corrected chi connectivity index (χ3v) is 5.26. The van der Waals surface area contributed by atoms with Crippen LogP contribution in [0.2, 0.25) is 0 Å². The summed E-state index contributed by atoms with van der Waals surface area (Å²) < 4.78 is 28.4. The van der Waals surface area contributed by atoms with Crippen molar-refractivity contribution < 1.29 is 23.4 Å². The highest BCUT2D eigenvalue weighted by molar-refractivity contribution is 7.91. The summed E-state index contributed by atoms with van der Waals surface area (Å²) in [6, 6.07) is 6.30.